The maximum absolute atomic E-state index is 12.6. The largest absolute Gasteiger partial charge is 0.494 e. The number of nitrogens with zero attached hydrogens (tertiary/aromatic N) is 2. The molecule has 0 radical (unpaired) electrons. The van der Waals surface area contributed by atoms with Crippen molar-refractivity contribution in [1.82, 2.24) is 19.4 Å². The van der Waals surface area contributed by atoms with Gasteiger partial charge in [0.15, 0.2) is 0 Å². The van der Waals surface area contributed by atoms with Gasteiger partial charge in [-0.25, -0.2) is 13.2 Å². The highest BCUT2D eigenvalue weighted by Gasteiger charge is 2.18. The van der Waals surface area contributed by atoms with Crippen LogP contribution in [0.1, 0.15) is 43.0 Å². The summed E-state index contributed by atoms with van der Waals surface area (Å²) in [7, 11) is -0.859. The Morgan fingerprint density at radius 2 is 1.66 bits per heavy atom. The number of unbranched alkanes of at least 4 members (excludes halogenated alkanes) is 3. The molecule has 0 bridgehead atoms. The zero-order valence-electron chi connectivity index (χ0n) is 18.4. The van der Waals surface area contributed by atoms with Crippen LogP contribution in [0.2, 0.25) is 0 Å². The number of carbonyl (C=O) groups excluding carboxylic acids is 1. The third-order valence-corrected chi connectivity index (χ3v) is 6.48. The quantitative estimate of drug-likeness (QED) is 0.357. The van der Waals surface area contributed by atoms with Gasteiger partial charge in [-0.3, -0.25) is 19.4 Å². The average molecular weight is 461 g/mol. The summed E-state index contributed by atoms with van der Waals surface area (Å²) in [5.41, 5.74) is 3.31. The van der Waals surface area contributed by atoms with Crippen LogP contribution in [0.5, 0.6) is 5.75 Å². The number of benzene rings is 2. The van der Waals surface area contributed by atoms with E-state index < -0.39 is 15.9 Å². The fraction of sp³-hybridized carbons (Fsp3) is 0.364. The summed E-state index contributed by atoms with van der Waals surface area (Å²) in [4.78, 5) is 26.4. The first-order valence-corrected chi connectivity index (χ1v) is 11.9. The summed E-state index contributed by atoms with van der Waals surface area (Å²) in [6.45, 7) is 2.76. The molecule has 0 aliphatic heterocycles. The average Bonchev–Trinajstić information content (AvgIpc) is 3.01. The predicted molar refractivity (Wildman–Crippen MR) is 122 cm³/mol. The second-order valence-electron chi connectivity index (χ2n) is 7.54. The Kier molecular flexibility index (Phi) is 7.37. The van der Waals surface area contributed by atoms with Crippen molar-refractivity contribution in [3.8, 4) is 5.75 Å². The van der Waals surface area contributed by atoms with Gasteiger partial charge in [0, 0.05) is 19.7 Å². The highest BCUT2D eigenvalue weighted by atomic mass is 32.2. The number of amides is 1. The molecule has 10 heteroatoms. The van der Waals surface area contributed by atoms with E-state index in [0.717, 1.165) is 19.3 Å². The van der Waals surface area contributed by atoms with E-state index in [9.17, 15) is 18.0 Å². The minimum absolute atomic E-state index is 0.0710. The van der Waals surface area contributed by atoms with E-state index in [-0.39, 0.29) is 16.1 Å². The summed E-state index contributed by atoms with van der Waals surface area (Å²) < 4.78 is 33.7. The third kappa shape index (κ3) is 5.20. The molecule has 0 saturated carbocycles. The number of fused-ring (bicyclic) bond motifs is 1. The number of nitrogens with one attached hydrogen (secondary N) is 2. The molecule has 0 spiro atoms. The van der Waals surface area contributed by atoms with Crippen LogP contribution >= 0.6 is 0 Å². The van der Waals surface area contributed by atoms with Crippen molar-refractivity contribution in [2.24, 2.45) is 14.1 Å². The van der Waals surface area contributed by atoms with Crippen molar-refractivity contribution >= 4 is 27.0 Å². The Labute approximate surface area is 187 Å². The molecule has 0 saturated heterocycles. The normalized spacial score (nSPS) is 11.6. The second-order valence-corrected chi connectivity index (χ2v) is 9.23. The molecule has 0 aliphatic carbocycles. The number of hydrogen-bond acceptors (Lipinski definition) is 5. The molecular formula is C22H28N4O5S. The van der Waals surface area contributed by atoms with E-state index in [1.807, 2.05) is 0 Å². The predicted octanol–water partition coefficient (Wildman–Crippen LogP) is 2.46. The Morgan fingerprint density at radius 1 is 0.969 bits per heavy atom. The molecule has 3 aromatic rings. The van der Waals surface area contributed by atoms with Crippen molar-refractivity contribution < 1.29 is 17.9 Å². The number of hydrazine groups is 1. The van der Waals surface area contributed by atoms with Crippen LogP contribution in [0, 0.1) is 0 Å². The third-order valence-electron chi connectivity index (χ3n) is 5.24. The lowest BCUT2D eigenvalue weighted by atomic mass is 10.2. The van der Waals surface area contributed by atoms with Crippen LogP contribution in [-0.4, -0.2) is 30.1 Å². The van der Waals surface area contributed by atoms with Crippen LogP contribution in [-0.2, 0) is 24.1 Å². The molecule has 2 N–H and O–H groups in total. The Morgan fingerprint density at radius 3 is 2.34 bits per heavy atom. The van der Waals surface area contributed by atoms with Gasteiger partial charge in [-0.05, 0) is 48.9 Å². The zero-order valence-corrected chi connectivity index (χ0v) is 19.2. The highest BCUT2D eigenvalue weighted by molar-refractivity contribution is 7.89. The number of carbonyl (C=O) groups is 1. The molecule has 2 aromatic carbocycles. The fourth-order valence-corrected chi connectivity index (χ4v) is 4.18. The lowest BCUT2D eigenvalue weighted by molar-refractivity contribution is 0.0945. The van der Waals surface area contributed by atoms with Gasteiger partial charge in [0.25, 0.3) is 15.9 Å². The van der Waals surface area contributed by atoms with E-state index in [0.29, 0.717) is 23.4 Å². The van der Waals surface area contributed by atoms with Crippen LogP contribution in [0.15, 0.2) is 52.2 Å². The number of sulfonamides is 1. The topological polar surface area (TPSA) is 111 Å². The van der Waals surface area contributed by atoms with Crippen molar-refractivity contribution in [3.05, 3.63) is 58.5 Å². The maximum Gasteiger partial charge on any atom is 0.328 e. The smallest absolute Gasteiger partial charge is 0.328 e. The van der Waals surface area contributed by atoms with E-state index in [4.69, 9.17) is 4.74 Å². The first kappa shape index (κ1) is 23.6. The van der Waals surface area contributed by atoms with Gasteiger partial charge in [-0.2, -0.15) is 0 Å². The first-order chi connectivity index (χ1) is 15.2. The minimum Gasteiger partial charge on any atom is -0.494 e. The minimum atomic E-state index is -4.03. The summed E-state index contributed by atoms with van der Waals surface area (Å²) in [5.74, 6) is 0.0525. The van der Waals surface area contributed by atoms with E-state index in [1.165, 1.54) is 27.7 Å². The summed E-state index contributed by atoms with van der Waals surface area (Å²) >= 11 is 0. The maximum atomic E-state index is 12.6. The molecule has 1 aromatic heterocycles. The van der Waals surface area contributed by atoms with Crippen molar-refractivity contribution in [2.45, 2.75) is 37.5 Å². The molecule has 32 heavy (non-hydrogen) atoms. The van der Waals surface area contributed by atoms with Gasteiger partial charge in [-0.1, -0.05) is 26.2 Å². The highest BCUT2D eigenvalue weighted by Crippen LogP contribution is 2.18. The monoisotopic (exact) mass is 460 g/mol. The molecule has 0 atom stereocenters. The molecule has 172 valence electrons. The van der Waals surface area contributed by atoms with Crippen molar-refractivity contribution in [3.63, 3.8) is 0 Å². The van der Waals surface area contributed by atoms with E-state index >= 15 is 0 Å². The van der Waals surface area contributed by atoms with Crippen molar-refractivity contribution in [2.75, 3.05) is 6.61 Å². The number of ether oxygens (including phenoxy) is 1. The first-order valence-electron chi connectivity index (χ1n) is 10.4. The summed E-state index contributed by atoms with van der Waals surface area (Å²) in [6.07, 6.45) is 4.43. The van der Waals surface area contributed by atoms with Crippen LogP contribution in [0.3, 0.4) is 0 Å². The number of hydrogen-bond donors (Lipinski definition) is 2. The molecule has 0 fully saturated rings. The van der Waals surface area contributed by atoms with E-state index in [2.05, 4.69) is 17.2 Å². The van der Waals surface area contributed by atoms with Gasteiger partial charge in [0.2, 0.25) is 0 Å². The molecule has 9 nitrogen and oxygen atoms in total. The Balaban J connectivity index is 1.62. The SMILES string of the molecule is CCCCCCOc1ccc(C(=O)NNS(=O)(=O)c2ccc3c(c2)n(C)c(=O)n3C)cc1. The summed E-state index contributed by atoms with van der Waals surface area (Å²) in [6, 6.07) is 10.8. The van der Waals surface area contributed by atoms with Crippen molar-refractivity contribution in [1.29, 1.82) is 0 Å². The van der Waals surface area contributed by atoms with Crippen LogP contribution in [0.4, 0.5) is 0 Å². The van der Waals surface area contributed by atoms with E-state index in [1.54, 1.807) is 44.4 Å². The lowest BCUT2D eigenvalue weighted by Gasteiger charge is -2.10. The fourth-order valence-electron chi connectivity index (χ4n) is 3.32. The Hall–Kier alpha value is -3.11. The number of aryl methyl sites for hydroxylation is 2. The number of aromatic nitrogens is 2. The lowest BCUT2D eigenvalue weighted by Crippen LogP contribution is -2.41. The van der Waals surface area contributed by atoms with Crippen LogP contribution in [0.25, 0.3) is 11.0 Å². The Bertz CT molecular complexity index is 1260. The second kappa shape index (κ2) is 10.0. The number of rotatable bonds is 10. The molecule has 3 rings (SSSR count). The molecular weight excluding hydrogens is 432 g/mol. The van der Waals surface area contributed by atoms with Gasteiger partial charge < -0.3 is 4.74 Å². The van der Waals surface area contributed by atoms with Gasteiger partial charge in [0.1, 0.15) is 5.75 Å². The molecule has 1 amide bonds. The van der Waals surface area contributed by atoms with Gasteiger partial charge >= 0.3 is 5.69 Å². The summed E-state index contributed by atoms with van der Waals surface area (Å²) in [5, 5.41) is 0. The van der Waals surface area contributed by atoms with Gasteiger partial charge in [0.05, 0.1) is 22.5 Å². The molecule has 0 aliphatic rings. The van der Waals surface area contributed by atoms with Crippen LogP contribution < -0.4 is 20.7 Å². The molecule has 1 heterocycles. The zero-order chi connectivity index (χ0) is 23.3. The number of imidazole rings is 1. The molecule has 0 unspecified atom stereocenters. The standard InChI is InChI=1S/C22H28N4O5S/c1-4-5-6-7-14-31-17-10-8-16(9-11-17)21(27)23-24-32(29,30)18-12-13-19-20(15-18)26(3)22(28)25(19)2/h8-13,15,24H,4-7,14H2,1-3H3,(H,23,27). The van der Waals surface area contributed by atoms with Gasteiger partial charge in [-0.15, -0.1) is 4.83 Å².